The molecular formula is C13H18N4O. The van der Waals surface area contributed by atoms with Crippen molar-refractivity contribution in [3.63, 3.8) is 0 Å². The second-order valence-corrected chi connectivity index (χ2v) is 4.87. The van der Waals surface area contributed by atoms with Crippen LogP contribution in [0.5, 0.6) is 0 Å². The van der Waals surface area contributed by atoms with Crippen LogP contribution in [-0.2, 0) is 19.4 Å². The number of nitrogens with two attached hydrogens (primary N) is 1. The molecule has 5 nitrogen and oxygen atoms in total. The lowest BCUT2D eigenvalue weighted by Gasteiger charge is -2.17. The Bertz CT molecular complexity index is 543. The maximum atomic E-state index is 6.11. The van der Waals surface area contributed by atoms with Crippen LogP contribution < -0.4 is 5.73 Å². The Balaban J connectivity index is 1.81. The highest BCUT2D eigenvalue weighted by molar-refractivity contribution is 5.30. The fraction of sp³-hybridized carbons (Fsp3) is 0.538. The molecule has 96 valence electrons. The molecule has 3 rings (SSSR count). The predicted octanol–water partition coefficient (Wildman–Crippen LogP) is 1.82. The Morgan fingerprint density at radius 3 is 3.11 bits per heavy atom. The van der Waals surface area contributed by atoms with Crippen molar-refractivity contribution in [2.24, 2.45) is 5.73 Å². The van der Waals surface area contributed by atoms with Gasteiger partial charge in [-0.25, -0.2) is 0 Å². The van der Waals surface area contributed by atoms with Crippen LogP contribution in [0.2, 0.25) is 0 Å². The van der Waals surface area contributed by atoms with Crippen LogP contribution in [0.4, 0.5) is 0 Å². The molecule has 0 bridgehead atoms. The highest BCUT2D eigenvalue weighted by Gasteiger charge is 2.19. The third-order valence-corrected chi connectivity index (χ3v) is 3.50. The average Bonchev–Trinajstić information content (AvgIpc) is 2.96. The van der Waals surface area contributed by atoms with Gasteiger partial charge in [-0.1, -0.05) is 12.1 Å². The largest absolute Gasteiger partial charge is 0.344 e. The maximum absolute atomic E-state index is 6.11. The van der Waals surface area contributed by atoms with Gasteiger partial charge in [0.25, 0.3) is 0 Å². The first-order chi connectivity index (χ1) is 8.76. The normalized spacial score (nSPS) is 18.9. The Morgan fingerprint density at radius 1 is 1.50 bits per heavy atom. The smallest absolute Gasteiger partial charge is 0.246 e. The van der Waals surface area contributed by atoms with Gasteiger partial charge in [-0.2, -0.15) is 4.98 Å². The van der Waals surface area contributed by atoms with Gasteiger partial charge in [0.2, 0.25) is 5.89 Å². The Morgan fingerprint density at radius 2 is 2.39 bits per heavy atom. The van der Waals surface area contributed by atoms with Crippen LogP contribution in [0.25, 0.3) is 0 Å². The summed E-state index contributed by atoms with van der Waals surface area (Å²) in [5.41, 5.74) is 8.75. The van der Waals surface area contributed by atoms with Gasteiger partial charge in [-0.15, -0.1) is 0 Å². The fourth-order valence-corrected chi connectivity index (χ4v) is 2.53. The molecule has 0 radical (unpaired) electrons. The summed E-state index contributed by atoms with van der Waals surface area (Å²) in [7, 11) is 0. The third-order valence-electron chi connectivity index (χ3n) is 3.50. The molecule has 0 fully saturated rings. The molecule has 18 heavy (non-hydrogen) atoms. The predicted molar refractivity (Wildman–Crippen MR) is 67.1 cm³/mol. The lowest BCUT2D eigenvalue weighted by Crippen LogP contribution is -2.15. The summed E-state index contributed by atoms with van der Waals surface area (Å²) in [6.07, 6.45) is 8.46. The van der Waals surface area contributed by atoms with Crippen LogP contribution in [0.15, 0.2) is 16.9 Å². The standard InChI is InChI=1S/C13H18N4O/c1-2-12-15-13(18-16-12)8-17-6-9-4-3-5-11(14)10(9)7-17/h6-7,11H,2-5,8,14H2,1H3. The zero-order chi connectivity index (χ0) is 12.5. The number of rotatable bonds is 3. The lowest BCUT2D eigenvalue weighted by atomic mass is 9.92. The molecule has 0 aromatic carbocycles. The van der Waals surface area contributed by atoms with E-state index in [2.05, 4.69) is 27.1 Å². The van der Waals surface area contributed by atoms with Crippen LogP contribution in [0, 0.1) is 0 Å². The van der Waals surface area contributed by atoms with E-state index in [0.29, 0.717) is 12.4 Å². The van der Waals surface area contributed by atoms with E-state index in [1.54, 1.807) is 0 Å². The lowest BCUT2D eigenvalue weighted by molar-refractivity contribution is 0.366. The summed E-state index contributed by atoms with van der Waals surface area (Å²) in [4.78, 5) is 4.32. The summed E-state index contributed by atoms with van der Waals surface area (Å²) < 4.78 is 7.31. The molecule has 5 heteroatoms. The number of aromatic nitrogens is 3. The molecule has 0 spiro atoms. The van der Waals surface area contributed by atoms with Crippen molar-refractivity contribution in [3.05, 3.63) is 35.2 Å². The van der Waals surface area contributed by atoms with E-state index in [-0.39, 0.29) is 6.04 Å². The van der Waals surface area contributed by atoms with E-state index in [9.17, 15) is 0 Å². The van der Waals surface area contributed by atoms with Crippen molar-refractivity contribution >= 4 is 0 Å². The van der Waals surface area contributed by atoms with Gasteiger partial charge in [0, 0.05) is 24.9 Å². The van der Waals surface area contributed by atoms with Crippen molar-refractivity contribution in [1.82, 2.24) is 14.7 Å². The molecule has 0 aliphatic heterocycles. The minimum absolute atomic E-state index is 0.184. The number of hydrogen-bond donors (Lipinski definition) is 1. The number of hydrogen-bond acceptors (Lipinski definition) is 4. The van der Waals surface area contributed by atoms with Crippen LogP contribution in [-0.4, -0.2) is 14.7 Å². The van der Waals surface area contributed by atoms with Crippen LogP contribution >= 0.6 is 0 Å². The van der Waals surface area contributed by atoms with Gasteiger partial charge in [0.05, 0.1) is 0 Å². The van der Waals surface area contributed by atoms with E-state index in [1.165, 1.54) is 17.5 Å². The number of nitrogens with zero attached hydrogens (tertiary/aromatic N) is 3. The van der Waals surface area contributed by atoms with Gasteiger partial charge in [0.1, 0.15) is 6.54 Å². The average molecular weight is 246 g/mol. The molecule has 2 N–H and O–H groups in total. The van der Waals surface area contributed by atoms with Crippen molar-refractivity contribution in [2.75, 3.05) is 0 Å². The summed E-state index contributed by atoms with van der Waals surface area (Å²) >= 11 is 0. The summed E-state index contributed by atoms with van der Waals surface area (Å²) in [6.45, 7) is 2.65. The quantitative estimate of drug-likeness (QED) is 0.896. The van der Waals surface area contributed by atoms with E-state index in [4.69, 9.17) is 10.3 Å². The van der Waals surface area contributed by atoms with Gasteiger partial charge in [-0.05, 0) is 30.4 Å². The van der Waals surface area contributed by atoms with E-state index < -0.39 is 0 Å². The van der Waals surface area contributed by atoms with Gasteiger partial charge >= 0.3 is 0 Å². The zero-order valence-corrected chi connectivity index (χ0v) is 10.6. The minimum Gasteiger partial charge on any atom is -0.344 e. The first-order valence-electron chi connectivity index (χ1n) is 6.52. The zero-order valence-electron chi connectivity index (χ0n) is 10.6. The first-order valence-corrected chi connectivity index (χ1v) is 6.52. The van der Waals surface area contributed by atoms with Gasteiger partial charge in [0.15, 0.2) is 5.82 Å². The summed E-state index contributed by atoms with van der Waals surface area (Å²) in [5.74, 6) is 1.42. The number of fused-ring (bicyclic) bond motifs is 1. The fourth-order valence-electron chi connectivity index (χ4n) is 2.53. The van der Waals surface area contributed by atoms with Crippen molar-refractivity contribution in [1.29, 1.82) is 0 Å². The molecule has 2 aromatic heterocycles. The molecule has 1 unspecified atom stereocenters. The first kappa shape index (κ1) is 11.5. The van der Waals surface area contributed by atoms with E-state index >= 15 is 0 Å². The van der Waals surface area contributed by atoms with Gasteiger partial charge in [-0.3, -0.25) is 0 Å². The Hall–Kier alpha value is -1.62. The molecule has 0 amide bonds. The molecule has 0 saturated heterocycles. The van der Waals surface area contributed by atoms with Crippen LogP contribution in [0.3, 0.4) is 0 Å². The number of aryl methyl sites for hydroxylation is 2. The Labute approximate surface area is 106 Å². The van der Waals surface area contributed by atoms with Crippen molar-refractivity contribution in [2.45, 2.75) is 45.2 Å². The van der Waals surface area contributed by atoms with Crippen molar-refractivity contribution < 1.29 is 4.52 Å². The van der Waals surface area contributed by atoms with E-state index in [1.807, 2.05) is 6.92 Å². The topological polar surface area (TPSA) is 69.9 Å². The summed E-state index contributed by atoms with van der Waals surface area (Å²) in [6, 6.07) is 0.184. The minimum atomic E-state index is 0.184. The monoisotopic (exact) mass is 246 g/mol. The highest BCUT2D eigenvalue weighted by atomic mass is 16.5. The van der Waals surface area contributed by atoms with E-state index in [0.717, 1.165) is 25.1 Å². The molecule has 2 aromatic rings. The summed E-state index contributed by atoms with van der Waals surface area (Å²) in [5, 5.41) is 3.90. The second kappa shape index (κ2) is 4.57. The molecule has 0 saturated carbocycles. The maximum Gasteiger partial charge on any atom is 0.246 e. The molecule has 2 heterocycles. The Kier molecular flexibility index (Phi) is 2.91. The molecule has 1 atom stereocenters. The molecule has 1 aliphatic rings. The molecule has 1 aliphatic carbocycles. The SMILES string of the molecule is CCc1noc(Cn2cc3c(c2)C(N)CCC3)n1. The molecular weight excluding hydrogens is 228 g/mol. The second-order valence-electron chi connectivity index (χ2n) is 4.87. The van der Waals surface area contributed by atoms with Crippen LogP contribution in [0.1, 0.15) is 48.6 Å². The van der Waals surface area contributed by atoms with Gasteiger partial charge < -0.3 is 14.8 Å². The third kappa shape index (κ3) is 2.06. The highest BCUT2D eigenvalue weighted by Crippen LogP contribution is 2.28. The van der Waals surface area contributed by atoms with Crippen molar-refractivity contribution in [3.8, 4) is 0 Å².